The van der Waals surface area contributed by atoms with Crippen LogP contribution in [0.25, 0.3) is 0 Å². The van der Waals surface area contributed by atoms with Crippen LogP contribution in [0.3, 0.4) is 0 Å². The fourth-order valence-electron chi connectivity index (χ4n) is 7.64. The number of anilines is 2. The van der Waals surface area contributed by atoms with Gasteiger partial charge in [0.05, 0.1) is 25.7 Å². The van der Waals surface area contributed by atoms with E-state index in [1.165, 1.54) is 22.4 Å². The van der Waals surface area contributed by atoms with Gasteiger partial charge in [0.25, 0.3) is 17.7 Å². The van der Waals surface area contributed by atoms with Crippen molar-refractivity contribution in [2.45, 2.75) is 77.2 Å². The van der Waals surface area contributed by atoms with Gasteiger partial charge >= 0.3 is 0 Å². The molecule has 6 rings (SSSR count). The highest BCUT2D eigenvalue weighted by Gasteiger charge is 2.27. The van der Waals surface area contributed by atoms with Crippen molar-refractivity contribution in [2.75, 3.05) is 90.0 Å². The number of aromatic nitrogens is 2. The average Bonchev–Trinajstić information content (AvgIpc) is 3.91. The average molecular weight is 929 g/mol. The van der Waals surface area contributed by atoms with E-state index < -0.39 is 5.91 Å². The molecular formula is C45H65Cl2N10O7+. The number of ether oxygens (including phenoxy) is 2. The van der Waals surface area contributed by atoms with Crippen molar-refractivity contribution in [3.05, 3.63) is 70.5 Å². The van der Waals surface area contributed by atoms with E-state index in [2.05, 4.69) is 44.4 Å². The molecule has 1 aromatic heterocycles. The van der Waals surface area contributed by atoms with Crippen LogP contribution in [0.5, 0.6) is 11.5 Å². The maximum absolute atomic E-state index is 12.7. The van der Waals surface area contributed by atoms with E-state index in [1.807, 2.05) is 48.5 Å². The minimum Gasteiger partial charge on any atom is -0.484 e. The summed E-state index contributed by atoms with van der Waals surface area (Å²) < 4.78 is 11.1. The first-order chi connectivity index (χ1) is 31.0. The smallest absolute Gasteiger partial charge is 0.274 e. The van der Waals surface area contributed by atoms with E-state index in [4.69, 9.17) is 32.5 Å². The van der Waals surface area contributed by atoms with Crippen LogP contribution in [-0.2, 0) is 32.0 Å². The van der Waals surface area contributed by atoms with Gasteiger partial charge in [-0.15, -0.1) is 11.6 Å². The number of quaternary nitrogens is 1. The topological polar surface area (TPSA) is 229 Å². The highest BCUT2D eigenvalue weighted by molar-refractivity contribution is 6.31. The summed E-state index contributed by atoms with van der Waals surface area (Å²) in [6, 6.07) is 15.6. The molecule has 3 aromatic rings. The van der Waals surface area contributed by atoms with E-state index in [1.54, 1.807) is 9.80 Å². The Balaban J connectivity index is 0.000000316. The molecule has 350 valence electrons. The number of hydrogen-bond acceptors (Lipinski definition) is 11. The number of nitrogens with zero attached hydrogens (tertiary/aromatic N) is 4. The molecule has 0 saturated carbocycles. The van der Waals surface area contributed by atoms with Crippen LogP contribution >= 0.6 is 23.2 Å². The Bertz CT molecular complexity index is 1960. The van der Waals surface area contributed by atoms with Gasteiger partial charge in [-0.2, -0.15) is 0 Å². The zero-order valence-electron chi connectivity index (χ0n) is 37.1. The van der Waals surface area contributed by atoms with E-state index in [0.717, 1.165) is 84.1 Å². The predicted molar refractivity (Wildman–Crippen MR) is 248 cm³/mol. The van der Waals surface area contributed by atoms with Gasteiger partial charge in [-0.25, -0.2) is 9.97 Å². The normalized spacial score (nSPS) is 16.8. The maximum atomic E-state index is 12.7. The number of aryl methyl sites for hydroxylation is 2. The quantitative estimate of drug-likeness (QED) is 0.0903. The van der Waals surface area contributed by atoms with Gasteiger partial charge in [-0.3, -0.25) is 24.0 Å². The molecule has 2 atom stereocenters. The molecule has 3 aliphatic heterocycles. The largest absolute Gasteiger partial charge is 0.484 e. The van der Waals surface area contributed by atoms with Crippen molar-refractivity contribution in [3.8, 4) is 11.5 Å². The molecule has 3 aliphatic rings. The molecule has 0 radical (unpaired) electrons. The van der Waals surface area contributed by atoms with Gasteiger partial charge in [-0.05, 0) is 73.9 Å². The third kappa shape index (κ3) is 17.6. The monoisotopic (exact) mass is 927 g/mol. The van der Waals surface area contributed by atoms with E-state index >= 15 is 0 Å². The highest BCUT2D eigenvalue weighted by atomic mass is 35.5. The molecule has 5 amide bonds. The van der Waals surface area contributed by atoms with Crippen LogP contribution in [0.2, 0.25) is 5.15 Å². The number of nitrogens with two attached hydrogens (primary N) is 2. The van der Waals surface area contributed by atoms with Crippen molar-refractivity contribution in [3.63, 3.8) is 0 Å². The summed E-state index contributed by atoms with van der Waals surface area (Å²) in [5.74, 6) is 0.871. The van der Waals surface area contributed by atoms with Gasteiger partial charge in [0.2, 0.25) is 11.8 Å². The number of likely N-dealkylation sites (tertiary alicyclic amines) is 3. The molecule has 2 unspecified atom stereocenters. The standard InChI is InChI=1S/C27H37ClN8O4.C17H24N2O3.CH3Cl/c28-24-26(30)34-25(29)23(33-24)27(39)32-19-5-2-13-35(16-19)12-1-4-18-7-9-20(10-8-18)40-17-21(37)31-11-15-36-14-3-6-22(36)38;1-2-4-14-6-8-15(9-7-14)22-13-16(20)18-10-12-19-11-3-5-17(19)21;1-2/h7-10,19H,1-6,11-17H2,(H,31,37)(H,32,39)(H4,29,30,34);6-9H,2-5,10-13H2,1H3,(H,18,20);1H3/p+1. The molecule has 0 bridgehead atoms. The second-order valence-corrected chi connectivity index (χ2v) is 16.1. The Morgan fingerprint density at radius 1 is 0.781 bits per heavy atom. The van der Waals surface area contributed by atoms with Gasteiger partial charge < -0.3 is 51.6 Å². The first kappa shape index (κ1) is 51.2. The molecule has 8 N–H and O–H groups in total. The molecule has 17 nitrogen and oxygen atoms in total. The van der Waals surface area contributed by atoms with Crippen LogP contribution in [0, 0.1) is 0 Å². The summed E-state index contributed by atoms with van der Waals surface area (Å²) in [4.78, 5) is 72.3. The molecule has 2 aromatic carbocycles. The Labute approximate surface area is 386 Å². The number of alkyl halides is 1. The number of halogens is 2. The summed E-state index contributed by atoms with van der Waals surface area (Å²) in [5, 5.41) is 8.54. The maximum Gasteiger partial charge on any atom is 0.274 e. The van der Waals surface area contributed by atoms with Crippen LogP contribution in [0.4, 0.5) is 11.6 Å². The zero-order valence-corrected chi connectivity index (χ0v) is 38.6. The number of nitrogens with one attached hydrogen (secondary N) is 4. The highest BCUT2D eigenvalue weighted by Crippen LogP contribution is 2.18. The fourth-order valence-corrected chi connectivity index (χ4v) is 7.77. The van der Waals surface area contributed by atoms with Gasteiger partial charge in [0.1, 0.15) is 11.5 Å². The van der Waals surface area contributed by atoms with E-state index in [0.29, 0.717) is 50.5 Å². The molecule has 0 aliphatic carbocycles. The minimum absolute atomic E-state index is 0.00106. The number of nitrogen functional groups attached to an aromatic ring is 2. The Hall–Kier alpha value is -5.39. The van der Waals surface area contributed by atoms with Crippen LogP contribution in [0.1, 0.15) is 79.9 Å². The summed E-state index contributed by atoms with van der Waals surface area (Å²) in [5.41, 5.74) is 13.9. The van der Waals surface area contributed by atoms with E-state index in [9.17, 15) is 24.0 Å². The van der Waals surface area contributed by atoms with Crippen molar-refractivity contribution in [2.24, 2.45) is 0 Å². The number of rotatable bonds is 20. The molecule has 3 saturated heterocycles. The van der Waals surface area contributed by atoms with Crippen molar-refractivity contribution >= 4 is 64.4 Å². The van der Waals surface area contributed by atoms with Crippen LogP contribution in [-0.4, -0.2) is 134 Å². The number of carbonyl (C=O) groups is 5. The lowest BCUT2D eigenvalue weighted by Gasteiger charge is -2.30. The van der Waals surface area contributed by atoms with E-state index in [-0.39, 0.29) is 65.4 Å². The molecule has 0 spiro atoms. The molecule has 19 heteroatoms. The van der Waals surface area contributed by atoms with Crippen LogP contribution in [0.15, 0.2) is 48.5 Å². The van der Waals surface area contributed by atoms with Crippen molar-refractivity contribution in [1.29, 1.82) is 0 Å². The number of hydrogen-bond donors (Lipinski definition) is 6. The first-order valence-corrected chi connectivity index (χ1v) is 23.2. The minimum atomic E-state index is -0.392. The Morgan fingerprint density at radius 3 is 1.81 bits per heavy atom. The number of piperidine rings is 1. The lowest BCUT2D eigenvalue weighted by molar-refractivity contribution is -0.906. The van der Waals surface area contributed by atoms with Crippen molar-refractivity contribution in [1.82, 2.24) is 35.7 Å². The molecule has 3 fully saturated rings. The van der Waals surface area contributed by atoms with Gasteiger partial charge in [0, 0.05) is 64.9 Å². The van der Waals surface area contributed by atoms with Gasteiger partial charge in [-0.1, -0.05) is 49.2 Å². The lowest BCUT2D eigenvalue weighted by Crippen LogP contribution is -3.14. The van der Waals surface area contributed by atoms with Crippen LogP contribution < -0.4 is 41.8 Å². The van der Waals surface area contributed by atoms with Crippen molar-refractivity contribution < 1.29 is 38.3 Å². The van der Waals surface area contributed by atoms with Gasteiger partial charge in [0.15, 0.2) is 35.7 Å². The number of benzene rings is 2. The summed E-state index contributed by atoms with van der Waals surface area (Å²) in [6.07, 6.45) is 10.5. The Kier molecular flexibility index (Phi) is 22.2. The second kappa shape index (κ2) is 27.7. The lowest BCUT2D eigenvalue weighted by atomic mass is 10.0. The molecule has 4 heterocycles. The summed E-state index contributed by atoms with van der Waals surface area (Å²) >= 11 is 10.5. The third-order valence-corrected chi connectivity index (χ3v) is 11.2. The summed E-state index contributed by atoms with van der Waals surface area (Å²) in [6.45, 7) is 8.55. The third-order valence-electron chi connectivity index (χ3n) is 10.9. The number of amides is 5. The second-order valence-electron chi connectivity index (χ2n) is 15.8. The zero-order chi connectivity index (χ0) is 46.3. The summed E-state index contributed by atoms with van der Waals surface area (Å²) in [7, 11) is 0. The fraction of sp³-hybridized carbons (Fsp3) is 0.533. The predicted octanol–water partition coefficient (Wildman–Crippen LogP) is 2.43. The Morgan fingerprint density at radius 2 is 1.31 bits per heavy atom. The SMILES string of the molecule is CCCc1ccc(OCC(=O)NCCN2CCCC2=O)cc1.CCl.Nc1nc(N)c(C(=O)NC2CCC[NH+](CCCc3ccc(OCC(=O)NCCN4CCCC4=O)cc3)C2)nc1Cl. The molecule has 64 heavy (non-hydrogen) atoms. The first-order valence-electron chi connectivity index (χ1n) is 22.1. The molecular weight excluding hydrogens is 863 g/mol. The number of carbonyl (C=O) groups excluding carboxylic acids is 5.